The smallest absolute Gasteiger partial charge is 0.246 e. The number of nitrogens with two attached hydrogens (primary N) is 1. The third-order valence-corrected chi connectivity index (χ3v) is 4.81. The predicted molar refractivity (Wildman–Crippen MR) is 96.7 cm³/mol. The Morgan fingerprint density at radius 1 is 1.30 bits per heavy atom. The van der Waals surface area contributed by atoms with Crippen LogP contribution in [-0.2, 0) is 16.0 Å². The Hall–Kier alpha value is -1.24. The van der Waals surface area contributed by atoms with Gasteiger partial charge in [0.15, 0.2) is 0 Å². The number of amides is 2. The van der Waals surface area contributed by atoms with Crippen LogP contribution in [0.4, 0.5) is 0 Å². The Labute approximate surface area is 148 Å². The minimum atomic E-state index is -0.343. The number of halogens is 1. The summed E-state index contributed by atoms with van der Waals surface area (Å²) in [5.74, 6) is 1.24. The standard InChI is InChI=1S/C16H23N3O2S.ClH/c1-13(20)19-12-22-11-15(19)16(21)18(10-8-17)9-7-14-5-3-2-4-6-14;/h2-6,15H,7-12,17H2,1H3;1H. The van der Waals surface area contributed by atoms with Gasteiger partial charge in [0.2, 0.25) is 11.8 Å². The van der Waals surface area contributed by atoms with Crippen LogP contribution in [0, 0.1) is 0 Å². The number of carbonyl (C=O) groups excluding carboxylic acids is 2. The molecule has 1 atom stereocenters. The predicted octanol–water partition coefficient (Wildman–Crippen LogP) is 1.36. The number of benzene rings is 1. The van der Waals surface area contributed by atoms with E-state index in [0.29, 0.717) is 31.3 Å². The van der Waals surface area contributed by atoms with Crippen molar-refractivity contribution in [1.29, 1.82) is 0 Å². The lowest BCUT2D eigenvalue weighted by molar-refractivity contribution is -0.142. The SMILES string of the molecule is CC(=O)N1CSCC1C(=O)N(CCN)CCc1ccccc1.Cl. The summed E-state index contributed by atoms with van der Waals surface area (Å²) >= 11 is 1.62. The van der Waals surface area contributed by atoms with Gasteiger partial charge >= 0.3 is 0 Å². The highest BCUT2D eigenvalue weighted by Crippen LogP contribution is 2.22. The van der Waals surface area contributed by atoms with Crippen molar-refractivity contribution >= 4 is 36.0 Å². The Morgan fingerprint density at radius 2 is 2.00 bits per heavy atom. The molecule has 1 unspecified atom stereocenters. The fourth-order valence-electron chi connectivity index (χ4n) is 2.57. The summed E-state index contributed by atoms with van der Waals surface area (Å²) in [6.45, 7) is 3.11. The maximum Gasteiger partial charge on any atom is 0.246 e. The second kappa shape index (κ2) is 9.80. The third kappa shape index (κ3) is 5.41. The van der Waals surface area contributed by atoms with Gasteiger partial charge in [-0.1, -0.05) is 30.3 Å². The van der Waals surface area contributed by atoms with Gasteiger partial charge in [-0.3, -0.25) is 9.59 Å². The molecule has 1 aliphatic rings. The second-order valence-corrected chi connectivity index (χ2v) is 6.35. The highest BCUT2D eigenvalue weighted by atomic mass is 35.5. The largest absolute Gasteiger partial charge is 0.339 e. The lowest BCUT2D eigenvalue weighted by atomic mass is 10.1. The van der Waals surface area contributed by atoms with E-state index < -0.39 is 0 Å². The molecule has 23 heavy (non-hydrogen) atoms. The molecule has 0 radical (unpaired) electrons. The van der Waals surface area contributed by atoms with Gasteiger partial charge in [-0.05, 0) is 12.0 Å². The molecule has 0 aliphatic carbocycles. The van der Waals surface area contributed by atoms with Crippen LogP contribution in [0.2, 0.25) is 0 Å². The van der Waals surface area contributed by atoms with E-state index >= 15 is 0 Å². The fourth-order valence-corrected chi connectivity index (χ4v) is 3.77. The van der Waals surface area contributed by atoms with E-state index in [9.17, 15) is 9.59 Å². The van der Waals surface area contributed by atoms with Crippen LogP contribution < -0.4 is 5.73 Å². The molecule has 128 valence electrons. The van der Waals surface area contributed by atoms with Crippen molar-refractivity contribution in [3.05, 3.63) is 35.9 Å². The van der Waals surface area contributed by atoms with Crippen molar-refractivity contribution in [2.24, 2.45) is 5.73 Å². The molecule has 1 saturated heterocycles. The average Bonchev–Trinajstić information content (AvgIpc) is 3.01. The Kier molecular flexibility index (Phi) is 8.44. The van der Waals surface area contributed by atoms with Crippen LogP contribution >= 0.6 is 24.2 Å². The molecule has 0 saturated carbocycles. The van der Waals surface area contributed by atoms with E-state index in [1.165, 1.54) is 12.5 Å². The van der Waals surface area contributed by atoms with Crippen LogP contribution in [-0.4, -0.2) is 58.9 Å². The minimum absolute atomic E-state index is 0. The van der Waals surface area contributed by atoms with E-state index in [1.54, 1.807) is 21.6 Å². The number of nitrogens with zero attached hydrogens (tertiary/aromatic N) is 2. The first kappa shape index (κ1) is 19.8. The average molecular weight is 358 g/mol. The normalized spacial score (nSPS) is 16.8. The highest BCUT2D eigenvalue weighted by molar-refractivity contribution is 7.99. The summed E-state index contributed by atoms with van der Waals surface area (Å²) in [6.07, 6.45) is 0.798. The van der Waals surface area contributed by atoms with E-state index in [0.717, 1.165) is 6.42 Å². The number of thioether (sulfide) groups is 1. The van der Waals surface area contributed by atoms with Gasteiger partial charge in [-0.25, -0.2) is 0 Å². The molecule has 1 aliphatic heterocycles. The zero-order chi connectivity index (χ0) is 15.9. The summed E-state index contributed by atoms with van der Waals surface area (Å²) < 4.78 is 0. The number of hydrogen-bond donors (Lipinski definition) is 1. The Bertz CT molecular complexity index is 515. The van der Waals surface area contributed by atoms with Gasteiger partial charge < -0.3 is 15.5 Å². The summed E-state index contributed by atoms with van der Waals surface area (Å²) in [7, 11) is 0. The summed E-state index contributed by atoms with van der Waals surface area (Å²) in [6, 6.07) is 9.74. The van der Waals surface area contributed by atoms with Crippen molar-refractivity contribution in [3.63, 3.8) is 0 Å². The maximum absolute atomic E-state index is 12.7. The molecule has 2 amide bonds. The first-order chi connectivity index (χ1) is 10.6. The summed E-state index contributed by atoms with van der Waals surface area (Å²) in [4.78, 5) is 27.8. The molecule has 1 heterocycles. The molecule has 1 fully saturated rings. The molecule has 7 heteroatoms. The van der Waals surface area contributed by atoms with Gasteiger partial charge in [0.05, 0.1) is 5.88 Å². The molecule has 2 rings (SSSR count). The lowest BCUT2D eigenvalue weighted by Crippen LogP contribution is -2.50. The Balaban J connectivity index is 0.00000264. The van der Waals surface area contributed by atoms with Gasteiger partial charge in [0.25, 0.3) is 0 Å². The van der Waals surface area contributed by atoms with Crippen molar-refractivity contribution in [2.45, 2.75) is 19.4 Å². The molecule has 2 N–H and O–H groups in total. The van der Waals surface area contributed by atoms with Crippen LogP contribution in [0.15, 0.2) is 30.3 Å². The number of hydrogen-bond acceptors (Lipinski definition) is 4. The van der Waals surface area contributed by atoms with Gasteiger partial charge in [-0.15, -0.1) is 24.2 Å². The zero-order valence-electron chi connectivity index (χ0n) is 13.3. The molecular weight excluding hydrogens is 334 g/mol. The van der Waals surface area contributed by atoms with Gasteiger partial charge in [0.1, 0.15) is 6.04 Å². The van der Waals surface area contributed by atoms with E-state index in [-0.39, 0.29) is 30.3 Å². The van der Waals surface area contributed by atoms with Gasteiger partial charge in [0, 0.05) is 32.3 Å². The van der Waals surface area contributed by atoms with Crippen molar-refractivity contribution in [1.82, 2.24) is 9.80 Å². The monoisotopic (exact) mass is 357 g/mol. The van der Waals surface area contributed by atoms with Crippen LogP contribution in [0.1, 0.15) is 12.5 Å². The molecular formula is C16H24ClN3O2S. The molecule has 0 bridgehead atoms. The molecule has 0 aromatic heterocycles. The minimum Gasteiger partial charge on any atom is -0.339 e. The molecule has 1 aromatic rings. The highest BCUT2D eigenvalue weighted by Gasteiger charge is 2.35. The summed E-state index contributed by atoms with van der Waals surface area (Å²) in [5.41, 5.74) is 6.85. The van der Waals surface area contributed by atoms with Crippen LogP contribution in [0.3, 0.4) is 0 Å². The molecule has 0 spiro atoms. The first-order valence-electron chi connectivity index (χ1n) is 7.51. The van der Waals surface area contributed by atoms with E-state index in [4.69, 9.17) is 5.73 Å². The van der Waals surface area contributed by atoms with Crippen LogP contribution in [0.25, 0.3) is 0 Å². The Morgan fingerprint density at radius 3 is 2.61 bits per heavy atom. The zero-order valence-corrected chi connectivity index (χ0v) is 14.9. The second-order valence-electron chi connectivity index (χ2n) is 5.35. The molecule has 1 aromatic carbocycles. The van der Waals surface area contributed by atoms with Gasteiger partial charge in [-0.2, -0.15) is 0 Å². The quantitative estimate of drug-likeness (QED) is 0.834. The third-order valence-electron chi connectivity index (χ3n) is 3.80. The van der Waals surface area contributed by atoms with E-state index in [1.807, 2.05) is 18.2 Å². The lowest BCUT2D eigenvalue weighted by Gasteiger charge is -2.29. The maximum atomic E-state index is 12.7. The van der Waals surface area contributed by atoms with Crippen molar-refractivity contribution in [3.8, 4) is 0 Å². The topological polar surface area (TPSA) is 66.6 Å². The number of carbonyl (C=O) groups is 2. The van der Waals surface area contributed by atoms with Crippen molar-refractivity contribution in [2.75, 3.05) is 31.3 Å². The first-order valence-corrected chi connectivity index (χ1v) is 8.66. The fraction of sp³-hybridized carbons (Fsp3) is 0.500. The van der Waals surface area contributed by atoms with E-state index in [2.05, 4.69) is 12.1 Å². The van der Waals surface area contributed by atoms with Crippen molar-refractivity contribution < 1.29 is 9.59 Å². The summed E-state index contributed by atoms with van der Waals surface area (Å²) in [5, 5.41) is 0. The molecule has 5 nitrogen and oxygen atoms in total. The number of rotatable bonds is 6. The van der Waals surface area contributed by atoms with Crippen LogP contribution in [0.5, 0.6) is 0 Å².